The van der Waals surface area contributed by atoms with E-state index in [-0.39, 0.29) is 23.7 Å². The van der Waals surface area contributed by atoms with E-state index in [0.717, 1.165) is 36.8 Å². The lowest BCUT2D eigenvalue weighted by Crippen LogP contribution is -2.32. The van der Waals surface area contributed by atoms with E-state index < -0.39 is 0 Å². The van der Waals surface area contributed by atoms with E-state index >= 15 is 0 Å². The molecular formula is C24H25FN4O2. The largest absolute Gasteiger partial charge is 0.349 e. The molecule has 0 aliphatic heterocycles. The Morgan fingerprint density at radius 1 is 1.03 bits per heavy atom. The van der Waals surface area contributed by atoms with Crippen LogP contribution in [-0.2, 0) is 4.79 Å². The maximum Gasteiger partial charge on any atom is 0.251 e. The van der Waals surface area contributed by atoms with E-state index in [1.165, 1.54) is 19.1 Å². The first-order chi connectivity index (χ1) is 14.9. The van der Waals surface area contributed by atoms with Gasteiger partial charge in [-0.1, -0.05) is 25.0 Å². The number of hydrogen-bond donors (Lipinski definition) is 2. The molecule has 0 saturated heterocycles. The predicted octanol–water partition coefficient (Wildman–Crippen LogP) is 4.62. The van der Waals surface area contributed by atoms with Crippen LogP contribution in [0.4, 0.5) is 10.2 Å². The van der Waals surface area contributed by atoms with E-state index in [2.05, 4.69) is 15.7 Å². The number of aromatic nitrogens is 2. The van der Waals surface area contributed by atoms with Crippen molar-refractivity contribution in [2.24, 2.45) is 0 Å². The van der Waals surface area contributed by atoms with Crippen molar-refractivity contribution in [1.82, 2.24) is 15.1 Å². The van der Waals surface area contributed by atoms with Crippen LogP contribution in [0.2, 0.25) is 0 Å². The van der Waals surface area contributed by atoms with Crippen molar-refractivity contribution in [2.75, 3.05) is 5.32 Å². The SMILES string of the molecule is CC(=O)Nc1c(-c2ccc(F)cc2)c(C)nn1-c1ccc(C(=O)NC2CCCC2)cc1. The minimum absolute atomic E-state index is 0.0795. The lowest BCUT2D eigenvalue weighted by molar-refractivity contribution is -0.114. The van der Waals surface area contributed by atoms with Gasteiger partial charge in [-0.05, 0) is 61.7 Å². The zero-order chi connectivity index (χ0) is 22.0. The Balaban J connectivity index is 1.67. The molecule has 0 radical (unpaired) electrons. The number of rotatable bonds is 5. The van der Waals surface area contributed by atoms with Gasteiger partial charge in [0, 0.05) is 24.1 Å². The highest BCUT2D eigenvalue weighted by Crippen LogP contribution is 2.33. The molecule has 0 unspecified atom stereocenters. The fourth-order valence-corrected chi connectivity index (χ4v) is 4.05. The van der Waals surface area contributed by atoms with Crippen LogP contribution in [0.15, 0.2) is 48.5 Å². The molecule has 1 aromatic heterocycles. The van der Waals surface area contributed by atoms with Gasteiger partial charge < -0.3 is 10.6 Å². The highest BCUT2D eigenvalue weighted by atomic mass is 19.1. The lowest BCUT2D eigenvalue weighted by atomic mass is 10.1. The molecule has 6 nitrogen and oxygen atoms in total. The third-order valence-corrected chi connectivity index (χ3v) is 5.55. The first kappa shape index (κ1) is 20.8. The van der Waals surface area contributed by atoms with Gasteiger partial charge >= 0.3 is 0 Å². The van der Waals surface area contributed by atoms with Crippen LogP contribution in [0.1, 0.15) is 48.7 Å². The molecule has 7 heteroatoms. The number of nitrogens with zero attached hydrogens (tertiary/aromatic N) is 2. The van der Waals surface area contributed by atoms with Gasteiger partial charge in [-0.15, -0.1) is 0 Å². The molecule has 0 bridgehead atoms. The van der Waals surface area contributed by atoms with E-state index in [9.17, 15) is 14.0 Å². The number of hydrogen-bond acceptors (Lipinski definition) is 3. The maximum absolute atomic E-state index is 13.4. The molecule has 2 amide bonds. The van der Waals surface area contributed by atoms with Crippen LogP contribution in [0.5, 0.6) is 0 Å². The van der Waals surface area contributed by atoms with E-state index in [0.29, 0.717) is 22.8 Å². The molecule has 1 fully saturated rings. The summed E-state index contributed by atoms with van der Waals surface area (Å²) in [5.74, 6) is -0.151. The number of amides is 2. The fourth-order valence-electron chi connectivity index (χ4n) is 4.05. The van der Waals surface area contributed by atoms with Gasteiger partial charge in [-0.3, -0.25) is 9.59 Å². The van der Waals surface area contributed by atoms with Crippen molar-refractivity contribution >= 4 is 17.6 Å². The van der Waals surface area contributed by atoms with Gasteiger partial charge in [0.1, 0.15) is 11.6 Å². The van der Waals surface area contributed by atoms with Gasteiger partial charge in [0.05, 0.1) is 11.4 Å². The average molecular weight is 420 g/mol. The predicted molar refractivity (Wildman–Crippen MR) is 118 cm³/mol. The highest BCUT2D eigenvalue weighted by Gasteiger charge is 2.21. The van der Waals surface area contributed by atoms with Crippen molar-refractivity contribution < 1.29 is 14.0 Å². The summed E-state index contributed by atoms with van der Waals surface area (Å²) in [5, 5.41) is 10.5. The molecule has 160 valence electrons. The van der Waals surface area contributed by atoms with Gasteiger partial charge in [0.15, 0.2) is 0 Å². The Kier molecular flexibility index (Phi) is 5.84. The molecule has 4 rings (SSSR count). The second-order valence-electron chi connectivity index (χ2n) is 7.91. The number of nitrogens with one attached hydrogen (secondary N) is 2. The van der Waals surface area contributed by atoms with Gasteiger partial charge in [0.25, 0.3) is 5.91 Å². The van der Waals surface area contributed by atoms with Crippen LogP contribution < -0.4 is 10.6 Å². The van der Waals surface area contributed by atoms with Crippen LogP contribution in [0, 0.1) is 12.7 Å². The number of aryl methyl sites for hydroxylation is 1. The van der Waals surface area contributed by atoms with Crippen molar-refractivity contribution in [3.63, 3.8) is 0 Å². The summed E-state index contributed by atoms with van der Waals surface area (Å²) >= 11 is 0. The minimum Gasteiger partial charge on any atom is -0.349 e. The molecule has 0 spiro atoms. The average Bonchev–Trinajstić information content (AvgIpc) is 3.36. The quantitative estimate of drug-likeness (QED) is 0.633. The number of carbonyl (C=O) groups is 2. The molecule has 1 heterocycles. The smallest absolute Gasteiger partial charge is 0.251 e. The van der Waals surface area contributed by atoms with Crippen LogP contribution in [0.25, 0.3) is 16.8 Å². The van der Waals surface area contributed by atoms with E-state index in [4.69, 9.17) is 0 Å². The van der Waals surface area contributed by atoms with Crippen LogP contribution >= 0.6 is 0 Å². The number of carbonyl (C=O) groups excluding carboxylic acids is 2. The monoisotopic (exact) mass is 420 g/mol. The van der Waals surface area contributed by atoms with Gasteiger partial charge in [-0.25, -0.2) is 9.07 Å². The molecule has 0 atom stereocenters. The van der Waals surface area contributed by atoms with Gasteiger partial charge in [0.2, 0.25) is 5.91 Å². The van der Waals surface area contributed by atoms with Gasteiger partial charge in [-0.2, -0.15) is 5.10 Å². The Morgan fingerprint density at radius 3 is 2.29 bits per heavy atom. The molecule has 1 aliphatic rings. The summed E-state index contributed by atoms with van der Waals surface area (Å²) in [5.41, 5.74) is 3.45. The van der Waals surface area contributed by atoms with Crippen molar-refractivity contribution in [1.29, 1.82) is 0 Å². The summed E-state index contributed by atoms with van der Waals surface area (Å²) in [7, 11) is 0. The summed E-state index contributed by atoms with van der Waals surface area (Å²) in [6.07, 6.45) is 4.38. The van der Waals surface area contributed by atoms with Crippen molar-refractivity contribution in [3.8, 4) is 16.8 Å². The molecular weight excluding hydrogens is 395 g/mol. The van der Waals surface area contributed by atoms with E-state index in [1.807, 2.05) is 6.92 Å². The molecule has 31 heavy (non-hydrogen) atoms. The first-order valence-corrected chi connectivity index (χ1v) is 10.5. The van der Waals surface area contributed by atoms with Crippen LogP contribution in [0.3, 0.4) is 0 Å². The Morgan fingerprint density at radius 2 is 1.68 bits per heavy atom. The second kappa shape index (κ2) is 8.71. The molecule has 2 N–H and O–H groups in total. The Hall–Kier alpha value is -3.48. The number of anilines is 1. The Labute approximate surface area is 180 Å². The summed E-state index contributed by atoms with van der Waals surface area (Å²) in [6, 6.07) is 13.4. The van der Waals surface area contributed by atoms with Crippen molar-refractivity contribution in [2.45, 2.75) is 45.6 Å². The van der Waals surface area contributed by atoms with Crippen molar-refractivity contribution in [3.05, 3.63) is 65.6 Å². The number of benzene rings is 2. The summed E-state index contributed by atoms with van der Waals surface area (Å²) in [6.45, 7) is 3.27. The third-order valence-electron chi connectivity index (χ3n) is 5.55. The minimum atomic E-state index is -0.332. The molecule has 2 aromatic carbocycles. The fraction of sp³-hybridized carbons (Fsp3) is 0.292. The standard InChI is InChI=1S/C24H25FN4O2/c1-15-22(17-7-11-19(25)12-8-17)23(26-16(2)30)29(28-15)21-13-9-18(10-14-21)24(31)27-20-5-3-4-6-20/h7-14,20H,3-6H2,1-2H3,(H,26,30)(H,27,31). The Bertz CT molecular complexity index is 1100. The topological polar surface area (TPSA) is 76.0 Å². The molecule has 1 aliphatic carbocycles. The zero-order valence-corrected chi connectivity index (χ0v) is 17.6. The van der Waals surface area contributed by atoms with Crippen LogP contribution in [-0.4, -0.2) is 27.6 Å². The molecule has 3 aromatic rings. The zero-order valence-electron chi connectivity index (χ0n) is 17.6. The lowest BCUT2D eigenvalue weighted by Gasteiger charge is -2.13. The van der Waals surface area contributed by atoms with E-state index in [1.54, 1.807) is 41.1 Å². The second-order valence-corrected chi connectivity index (χ2v) is 7.91. The molecule has 1 saturated carbocycles. The maximum atomic E-state index is 13.4. The number of halogens is 1. The summed E-state index contributed by atoms with van der Waals surface area (Å²) < 4.78 is 15.0. The highest BCUT2D eigenvalue weighted by molar-refractivity contribution is 5.95. The normalized spacial score (nSPS) is 13.9. The first-order valence-electron chi connectivity index (χ1n) is 10.5. The summed E-state index contributed by atoms with van der Waals surface area (Å²) in [4.78, 5) is 24.4. The third kappa shape index (κ3) is 4.50.